The van der Waals surface area contributed by atoms with Gasteiger partial charge in [0.15, 0.2) is 0 Å². The van der Waals surface area contributed by atoms with Crippen LogP contribution >= 0.6 is 0 Å². The molecule has 1 aliphatic heterocycles. The number of hydrogen-bond donors (Lipinski definition) is 3. The molecular weight excluding hydrogens is 176 g/mol. The lowest BCUT2D eigenvalue weighted by Crippen LogP contribution is -2.42. The normalized spacial score (nSPS) is 14.9. The third-order valence-corrected chi connectivity index (χ3v) is 1.92. The molecule has 1 aliphatic rings. The van der Waals surface area contributed by atoms with Gasteiger partial charge in [-0.05, 0) is 5.56 Å². The highest BCUT2D eigenvalue weighted by molar-refractivity contribution is 5.85. The molecule has 72 valence electrons. The van der Waals surface area contributed by atoms with Crippen LogP contribution in [-0.2, 0) is 6.42 Å². The molecular formula is C10H12N4. The van der Waals surface area contributed by atoms with Gasteiger partial charge in [-0.2, -0.15) is 0 Å². The van der Waals surface area contributed by atoms with Crippen molar-refractivity contribution in [1.29, 1.82) is 0 Å². The molecule has 0 unspecified atom stereocenters. The summed E-state index contributed by atoms with van der Waals surface area (Å²) in [6, 6.07) is 10.1. The molecule has 0 saturated carbocycles. The summed E-state index contributed by atoms with van der Waals surface area (Å²) in [6.07, 6.45) is 2.38. The summed E-state index contributed by atoms with van der Waals surface area (Å²) in [5.41, 5.74) is 12.4. The van der Waals surface area contributed by atoms with Crippen molar-refractivity contribution < 1.29 is 0 Å². The summed E-state index contributed by atoms with van der Waals surface area (Å²) in [4.78, 5) is 4.16. The average Bonchev–Trinajstić information content (AvgIpc) is 2.23. The van der Waals surface area contributed by atoms with Gasteiger partial charge >= 0.3 is 0 Å². The molecule has 0 amide bonds. The average molecular weight is 188 g/mol. The SMILES string of the molecule is NC1=CN=C(Cc2ccccc2)NN1. The summed E-state index contributed by atoms with van der Waals surface area (Å²) in [6.45, 7) is 0. The Hall–Kier alpha value is -1.97. The van der Waals surface area contributed by atoms with E-state index in [0.717, 1.165) is 12.3 Å². The molecule has 0 aliphatic carbocycles. The first-order valence-electron chi connectivity index (χ1n) is 4.43. The van der Waals surface area contributed by atoms with Gasteiger partial charge in [-0.1, -0.05) is 30.3 Å². The lowest BCUT2D eigenvalue weighted by Gasteiger charge is -2.15. The van der Waals surface area contributed by atoms with Gasteiger partial charge in [0.2, 0.25) is 0 Å². The Balaban J connectivity index is 2.06. The molecule has 0 radical (unpaired) electrons. The van der Waals surface area contributed by atoms with E-state index in [4.69, 9.17) is 5.73 Å². The number of benzene rings is 1. The molecule has 4 nitrogen and oxygen atoms in total. The molecule has 0 saturated heterocycles. The van der Waals surface area contributed by atoms with E-state index in [0.29, 0.717) is 5.82 Å². The van der Waals surface area contributed by atoms with Gasteiger partial charge in [0.25, 0.3) is 0 Å². The lowest BCUT2D eigenvalue weighted by atomic mass is 10.1. The van der Waals surface area contributed by atoms with Crippen molar-refractivity contribution in [2.75, 3.05) is 0 Å². The molecule has 0 spiro atoms. The molecule has 2 rings (SSSR count). The Labute approximate surface area is 82.5 Å². The van der Waals surface area contributed by atoms with E-state index in [1.165, 1.54) is 5.56 Å². The van der Waals surface area contributed by atoms with Crippen molar-refractivity contribution >= 4 is 5.84 Å². The van der Waals surface area contributed by atoms with Crippen LogP contribution in [0.3, 0.4) is 0 Å². The minimum Gasteiger partial charge on any atom is -0.383 e. The zero-order valence-corrected chi connectivity index (χ0v) is 7.70. The second-order valence-corrected chi connectivity index (χ2v) is 3.07. The maximum absolute atomic E-state index is 5.47. The highest BCUT2D eigenvalue weighted by Crippen LogP contribution is 2.01. The Morgan fingerprint density at radius 3 is 2.57 bits per heavy atom. The maximum atomic E-state index is 5.47. The largest absolute Gasteiger partial charge is 0.383 e. The Morgan fingerprint density at radius 2 is 1.93 bits per heavy atom. The number of aliphatic imine (C=N–C) groups is 1. The van der Waals surface area contributed by atoms with Crippen molar-refractivity contribution in [1.82, 2.24) is 10.9 Å². The van der Waals surface area contributed by atoms with Gasteiger partial charge in [0.1, 0.15) is 11.7 Å². The van der Waals surface area contributed by atoms with E-state index in [-0.39, 0.29) is 0 Å². The standard InChI is InChI=1S/C10H12N4/c11-9-7-12-10(14-13-9)6-8-4-2-1-3-5-8/h1-5,7,13H,6,11H2,(H,12,14). The molecule has 1 heterocycles. The molecule has 1 aromatic carbocycles. The summed E-state index contributed by atoms with van der Waals surface area (Å²) < 4.78 is 0. The zero-order chi connectivity index (χ0) is 9.80. The highest BCUT2D eigenvalue weighted by atomic mass is 15.4. The summed E-state index contributed by atoms with van der Waals surface area (Å²) in [5, 5.41) is 0. The number of amidine groups is 1. The number of nitrogens with zero attached hydrogens (tertiary/aromatic N) is 1. The van der Waals surface area contributed by atoms with Gasteiger partial charge in [-0.25, -0.2) is 4.99 Å². The van der Waals surface area contributed by atoms with E-state index < -0.39 is 0 Å². The summed E-state index contributed by atoms with van der Waals surface area (Å²) in [5.74, 6) is 1.40. The number of hydrogen-bond acceptors (Lipinski definition) is 4. The van der Waals surface area contributed by atoms with Crippen LogP contribution in [0.4, 0.5) is 0 Å². The minimum absolute atomic E-state index is 0.529. The fourth-order valence-corrected chi connectivity index (χ4v) is 1.24. The smallest absolute Gasteiger partial charge is 0.134 e. The third-order valence-electron chi connectivity index (χ3n) is 1.92. The van der Waals surface area contributed by atoms with Crippen LogP contribution in [0.25, 0.3) is 0 Å². The molecule has 1 aromatic rings. The zero-order valence-electron chi connectivity index (χ0n) is 7.70. The molecule has 4 N–H and O–H groups in total. The third kappa shape index (κ3) is 2.04. The van der Waals surface area contributed by atoms with Gasteiger partial charge in [0, 0.05) is 6.42 Å². The van der Waals surface area contributed by atoms with Gasteiger partial charge in [-0.3, -0.25) is 10.9 Å². The fraction of sp³-hybridized carbons (Fsp3) is 0.100. The van der Waals surface area contributed by atoms with Crippen molar-refractivity contribution in [2.24, 2.45) is 10.7 Å². The Bertz CT molecular complexity index is 367. The predicted molar refractivity (Wildman–Crippen MR) is 56.1 cm³/mol. The lowest BCUT2D eigenvalue weighted by molar-refractivity contribution is 0.725. The summed E-state index contributed by atoms with van der Waals surface area (Å²) in [7, 11) is 0. The second-order valence-electron chi connectivity index (χ2n) is 3.07. The molecule has 0 fully saturated rings. The van der Waals surface area contributed by atoms with E-state index in [9.17, 15) is 0 Å². The van der Waals surface area contributed by atoms with Gasteiger partial charge < -0.3 is 5.73 Å². The van der Waals surface area contributed by atoms with Crippen molar-refractivity contribution in [3.63, 3.8) is 0 Å². The monoisotopic (exact) mass is 188 g/mol. The van der Waals surface area contributed by atoms with Crippen LogP contribution in [0.2, 0.25) is 0 Å². The summed E-state index contributed by atoms with van der Waals surface area (Å²) >= 11 is 0. The molecule has 4 heteroatoms. The van der Waals surface area contributed by atoms with Crippen LogP contribution in [0, 0.1) is 0 Å². The van der Waals surface area contributed by atoms with Crippen molar-refractivity contribution in [3.8, 4) is 0 Å². The van der Waals surface area contributed by atoms with Gasteiger partial charge in [0.05, 0.1) is 6.20 Å². The topological polar surface area (TPSA) is 62.4 Å². The predicted octanol–water partition coefficient (Wildman–Crippen LogP) is 0.493. The van der Waals surface area contributed by atoms with E-state index in [2.05, 4.69) is 28.0 Å². The number of hydrazine groups is 1. The number of nitrogens with one attached hydrogen (secondary N) is 2. The first-order valence-corrected chi connectivity index (χ1v) is 4.43. The van der Waals surface area contributed by atoms with Crippen molar-refractivity contribution in [2.45, 2.75) is 6.42 Å². The van der Waals surface area contributed by atoms with E-state index in [1.54, 1.807) is 6.20 Å². The van der Waals surface area contributed by atoms with Crippen LogP contribution in [0.5, 0.6) is 0 Å². The van der Waals surface area contributed by atoms with E-state index >= 15 is 0 Å². The molecule has 0 atom stereocenters. The second kappa shape index (κ2) is 3.83. The van der Waals surface area contributed by atoms with Crippen molar-refractivity contribution in [3.05, 3.63) is 47.9 Å². The Morgan fingerprint density at radius 1 is 1.14 bits per heavy atom. The van der Waals surface area contributed by atoms with Crippen LogP contribution in [0.1, 0.15) is 5.56 Å². The van der Waals surface area contributed by atoms with Crippen LogP contribution in [0.15, 0.2) is 47.3 Å². The first kappa shape index (κ1) is 8.62. The minimum atomic E-state index is 0.529. The number of nitrogens with two attached hydrogens (primary N) is 1. The van der Waals surface area contributed by atoms with E-state index in [1.807, 2.05) is 18.2 Å². The highest BCUT2D eigenvalue weighted by Gasteiger charge is 2.03. The Kier molecular flexibility index (Phi) is 2.36. The number of rotatable bonds is 2. The van der Waals surface area contributed by atoms with Crippen LogP contribution in [-0.4, -0.2) is 5.84 Å². The molecule has 0 aromatic heterocycles. The first-order chi connectivity index (χ1) is 6.84. The quantitative estimate of drug-likeness (QED) is 0.633. The molecule has 0 bridgehead atoms. The van der Waals surface area contributed by atoms with Crippen LogP contribution < -0.4 is 16.6 Å². The molecule has 14 heavy (non-hydrogen) atoms. The van der Waals surface area contributed by atoms with Gasteiger partial charge in [-0.15, -0.1) is 0 Å². The fourth-order valence-electron chi connectivity index (χ4n) is 1.24. The maximum Gasteiger partial charge on any atom is 0.134 e.